The van der Waals surface area contributed by atoms with E-state index in [0.717, 1.165) is 33.5 Å². The number of hydrogen-bond acceptors (Lipinski definition) is 5. The average molecular weight is 632 g/mol. The molecule has 2 N–H and O–H groups in total. The lowest BCUT2D eigenvalue weighted by atomic mass is 10.1. The third-order valence-corrected chi connectivity index (χ3v) is 7.16. The number of benzene rings is 3. The Bertz CT molecular complexity index is 1320. The molecule has 10 heteroatoms. The zero-order chi connectivity index (χ0) is 31.4. The van der Waals surface area contributed by atoms with Gasteiger partial charge in [-0.05, 0) is 86.7 Å². The number of carbonyl (C=O) groups is 2. The van der Waals surface area contributed by atoms with E-state index in [1.165, 1.54) is 0 Å². The van der Waals surface area contributed by atoms with E-state index in [2.05, 4.69) is 5.32 Å². The standard InChI is InChI=1S/C33H40Cl2N2O6/c1-5-42-30(32(38)39)19-25-7-9-29(10-8-25)43-14-12-37(33(40)36-31-23(3)15-22(2)16-24(31)4)11-6-13-41-21-26-17-27(34)20-28(35)18-26/h7-10,15-18,20,30H,5-6,11-14,19,21H2,1-4H3,(H,36,40)(H,38,39). The summed E-state index contributed by atoms with van der Waals surface area (Å²) in [5.74, 6) is -0.364. The molecule has 0 aromatic heterocycles. The van der Waals surface area contributed by atoms with E-state index in [0.29, 0.717) is 55.1 Å². The minimum atomic E-state index is -0.990. The van der Waals surface area contributed by atoms with Crippen LogP contribution in [0.5, 0.6) is 5.75 Å². The Balaban J connectivity index is 1.58. The van der Waals surface area contributed by atoms with Gasteiger partial charge >= 0.3 is 12.0 Å². The molecule has 0 fully saturated rings. The lowest BCUT2D eigenvalue weighted by molar-refractivity contribution is -0.149. The van der Waals surface area contributed by atoms with Crippen LogP contribution in [-0.4, -0.2) is 61.0 Å². The van der Waals surface area contributed by atoms with Crippen LogP contribution in [0.15, 0.2) is 54.6 Å². The zero-order valence-corrected chi connectivity index (χ0v) is 26.6. The van der Waals surface area contributed by atoms with Crippen molar-refractivity contribution in [2.24, 2.45) is 0 Å². The molecule has 0 spiro atoms. The van der Waals surface area contributed by atoms with Crippen LogP contribution in [0.4, 0.5) is 10.5 Å². The number of carbonyl (C=O) groups excluding carboxylic acids is 1. The molecule has 1 unspecified atom stereocenters. The third-order valence-electron chi connectivity index (χ3n) is 6.72. The molecule has 3 rings (SSSR count). The lowest BCUT2D eigenvalue weighted by Gasteiger charge is -2.24. The highest BCUT2D eigenvalue weighted by molar-refractivity contribution is 6.34. The van der Waals surface area contributed by atoms with E-state index in [9.17, 15) is 14.7 Å². The number of halogens is 2. The van der Waals surface area contributed by atoms with Crippen molar-refractivity contribution in [1.29, 1.82) is 0 Å². The number of aliphatic carboxylic acids is 1. The number of rotatable bonds is 16. The topological polar surface area (TPSA) is 97.3 Å². The Hall–Kier alpha value is -3.30. The van der Waals surface area contributed by atoms with Crippen LogP contribution in [0.3, 0.4) is 0 Å². The van der Waals surface area contributed by atoms with Gasteiger partial charge in [-0.1, -0.05) is 53.0 Å². The molecule has 3 aromatic carbocycles. The molecule has 0 radical (unpaired) electrons. The van der Waals surface area contributed by atoms with Crippen LogP contribution < -0.4 is 10.1 Å². The van der Waals surface area contributed by atoms with Crippen molar-refractivity contribution in [3.63, 3.8) is 0 Å². The molecule has 0 aliphatic heterocycles. The fourth-order valence-electron chi connectivity index (χ4n) is 4.75. The van der Waals surface area contributed by atoms with Crippen LogP contribution in [0.25, 0.3) is 0 Å². The molecule has 1 atom stereocenters. The van der Waals surface area contributed by atoms with E-state index >= 15 is 0 Å². The van der Waals surface area contributed by atoms with Crippen molar-refractivity contribution in [3.05, 3.63) is 92.5 Å². The molecule has 0 aliphatic rings. The number of urea groups is 1. The number of carboxylic acid groups (broad SMARTS) is 1. The summed E-state index contributed by atoms with van der Waals surface area (Å²) in [6, 6.07) is 16.4. The van der Waals surface area contributed by atoms with E-state index < -0.39 is 12.1 Å². The van der Waals surface area contributed by atoms with Crippen LogP contribution in [0, 0.1) is 20.8 Å². The second-order valence-corrected chi connectivity index (χ2v) is 11.2. The number of nitrogens with zero attached hydrogens (tertiary/aromatic N) is 1. The van der Waals surface area contributed by atoms with Gasteiger partial charge in [-0.15, -0.1) is 0 Å². The summed E-state index contributed by atoms with van der Waals surface area (Å²) >= 11 is 12.2. The largest absolute Gasteiger partial charge is 0.492 e. The quantitative estimate of drug-likeness (QED) is 0.159. The maximum Gasteiger partial charge on any atom is 0.333 e. The van der Waals surface area contributed by atoms with E-state index in [1.54, 1.807) is 30.0 Å². The van der Waals surface area contributed by atoms with E-state index in [4.69, 9.17) is 37.4 Å². The molecule has 2 amide bonds. The first-order chi connectivity index (χ1) is 20.5. The number of amides is 2. The Labute approximate surface area is 263 Å². The molecule has 8 nitrogen and oxygen atoms in total. The fraction of sp³-hybridized carbons (Fsp3) is 0.394. The first-order valence-electron chi connectivity index (χ1n) is 14.3. The Kier molecular flexibility index (Phi) is 13.6. The van der Waals surface area contributed by atoms with Crippen LogP contribution in [0.1, 0.15) is 41.2 Å². The molecular weight excluding hydrogens is 591 g/mol. The molecule has 0 heterocycles. The summed E-state index contributed by atoms with van der Waals surface area (Å²) in [6.45, 7) is 9.99. The lowest BCUT2D eigenvalue weighted by Crippen LogP contribution is -2.39. The van der Waals surface area contributed by atoms with Crippen molar-refractivity contribution in [2.45, 2.75) is 53.2 Å². The summed E-state index contributed by atoms with van der Waals surface area (Å²) in [5, 5.41) is 13.5. The maximum absolute atomic E-state index is 13.4. The highest BCUT2D eigenvalue weighted by atomic mass is 35.5. The smallest absolute Gasteiger partial charge is 0.333 e. The molecule has 0 saturated heterocycles. The fourth-order valence-corrected chi connectivity index (χ4v) is 5.32. The molecule has 0 aliphatic carbocycles. The normalized spacial score (nSPS) is 11.7. The van der Waals surface area contributed by atoms with Crippen molar-refractivity contribution in [1.82, 2.24) is 4.90 Å². The van der Waals surface area contributed by atoms with Gasteiger partial charge in [-0.25, -0.2) is 9.59 Å². The van der Waals surface area contributed by atoms with Crippen LogP contribution >= 0.6 is 23.2 Å². The first kappa shape index (κ1) is 34.2. The molecule has 0 bridgehead atoms. The van der Waals surface area contributed by atoms with Gasteiger partial charge in [0.05, 0.1) is 13.2 Å². The number of nitrogens with one attached hydrogen (secondary N) is 1. The summed E-state index contributed by atoms with van der Waals surface area (Å²) < 4.78 is 17.1. The number of hydrogen-bond donors (Lipinski definition) is 2. The minimum absolute atomic E-state index is 0.216. The zero-order valence-electron chi connectivity index (χ0n) is 25.1. The van der Waals surface area contributed by atoms with Gasteiger partial charge in [0.15, 0.2) is 6.10 Å². The molecule has 232 valence electrons. The third kappa shape index (κ3) is 11.4. The molecule has 43 heavy (non-hydrogen) atoms. The SMILES string of the molecule is CCOC(Cc1ccc(OCCN(CCCOCc2cc(Cl)cc(Cl)c2)C(=O)Nc2c(C)cc(C)cc2C)cc1)C(=O)O. The van der Waals surface area contributed by atoms with Gasteiger partial charge in [0.25, 0.3) is 0 Å². The van der Waals surface area contributed by atoms with Gasteiger partial charge in [0.1, 0.15) is 12.4 Å². The number of carboxylic acids is 1. The van der Waals surface area contributed by atoms with E-state index in [1.807, 2.05) is 57.2 Å². The molecule has 3 aromatic rings. The highest BCUT2D eigenvalue weighted by Gasteiger charge is 2.18. The number of ether oxygens (including phenoxy) is 3. The second kappa shape index (κ2) is 17.1. The molecular formula is C33H40Cl2N2O6. The van der Waals surface area contributed by atoms with Crippen LogP contribution in [-0.2, 0) is 27.3 Å². The first-order valence-corrected chi connectivity index (χ1v) is 15.0. The van der Waals surface area contributed by atoms with Gasteiger partial charge < -0.3 is 29.5 Å². The second-order valence-electron chi connectivity index (χ2n) is 10.4. The summed E-state index contributed by atoms with van der Waals surface area (Å²) in [5.41, 5.74) is 5.66. The van der Waals surface area contributed by atoms with Crippen LogP contribution in [0.2, 0.25) is 10.0 Å². The Morgan fingerprint density at radius 1 is 0.907 bits per heavy atom. The molecule has 0 saturated carbocycles. The van der Waals surface area contributed by atoms with Gasteiger partial charge in [0.2, 0.25) is 0 Å². The number of aryl methyl sites for hydroxylation is 3. The maximum atomic E-state index is 13.4. The monoisotopic (exact) mass is 630 g/mol. The van der Waals surface area contributed by atoms with Gasteiger partial charge in [0, 0.05) is 41.9 Å². The summed E-state index contributed by atoms with van der Waals surface area (Å²) in [6.07, 6.45) is -0.00829. The summed E-state index contributed by atoms with van der Waals surface area (Å²) in [4.78, 5) is 26.5. The van der Waals surface area contributed by atoms with Crippen molar-refractivity contribution >= 4 is 40.9 Å². The van der Waals surface area contributed by atoms with E-state index in [-0.39, 0.29) is 19.1 Å². The van der Waals surface area contributed by atoms with Crippen molar-refractivity contribution < 1.29 is 28.9 Å². The van der Waals surface area contributed by atoms with Crippen molar-refractivity contribution in [3.8, 4) is 5.75 Å². The van der Waals surface area contributed by atoms with Crippen molar-refractivity contribution in [2.75, 3.05) is 38.2 Å². The van der Waals surface area contributed by atoms with Gasteiger partial charge in [-0.3, -0.25) is 0 Å². The average Bonchev–Trinajstić information content (AvgIpc) is 2.93. The Morgan fingerprint density at radius 2 is 1.56 bits per heavy atom. The Morgan fingerprint density at radius 3 is 2.16 bits per heavy atom. The predicted molar refractivity (Wildman–Crippen MR) is 171 cm³/mol. The van der Waals surface area contributed by atoms with Gasteiger partial charge in [-0.2, -0.15) is 0 Å². The minimum Gasteiger partial charge on any atom is -0.492 e. The predicted octanol–water partition coefficient (Wildman–Crippen LogP) is 7.47. The number of anilines is 1. The summed E-state index contributed by atoms with van der Waals surface area (Å²) in [7, 11) is 0. The highest BCUT2D eigenvalue weighted by Crippen LogP contribution is 2.23.